The molecule has 1 N–H and O–H groups in total. The first-order chi connectivity index (χ1) is 12.6. The minimum absolute atomic E-state index is 0.177. The molecule has 3 nitrogen and oxygen atoms in total. The molecule has 1 aliphatic heterocycles. The molecule has 0 saturated carbocycles. The van der Waals surface area contributed by atoms with Gasteiger partial charge in [-0.25, -0.2) is 8.78 Å². The van der Waals surface area contributed by atoms with Crippen molar-refractivity contribution in [2.75, 3.05) is 0 Å². The fourth-order valence-electron chi connectivity index (χ4n) is 3.24. The van der Waals surface area contributed by atoms with Crippen LogP contribution in [0.4, 0.5) is 8.78 Å². The smallest absolute Gasteiger partial charge is 0.251 e. The van der Waals surface area contributed by atoms with Crippen LogP contribution in [0.5, 0.6) is 0 Å². The highest BCUT2D eigenvalue weighted by Crippen LogP contribution is 2.38. The molecule has 26 heavy (non-hydrogen) atoms. The van der Waals surface area contributed by atoms with E-state index in [-0.39, 0.29) is 11.5 Å². The van der Waals surface area contributed by atoms with Crippen LogP contribution in [0.2, 0.25) is 0 Å². The molecule has 0 bridgehead atoms. The maximum absolute atomic E-state index is 14.5. The zero-order chi connectivity index (χ0) is 18.3. The number of nitriles is 1. The van der Waals surface area contributed by atoms with Gasteiger partial charge in [-0.3, -0.25) is 4.79 Å². The summed E-state index contributed by atoms with van der Waals surface area (Å²) in [7, 11) is 0. The lowest BCUT2D eigenvalue weighted by molar-refractivity contribution is 0.0966. The maximum atomic E-state index is 14.5. The van der Waals surface area contributed by atoms with Gasteiger partial charge in [-0.1, -0.05) is 18.2 Å². The van der Waals surface area contributed by atoms with Crippen molar-refractivity contribution in [2.45, 2.75) is 6.54 Å². The molecule has 0 atom stereocenters. The summed E-state index contributed by atoms with van der Waals surface area (Å²) < 4.78 is 27.8. The van der Waals surface area contributed by atoms with Crippen molar-refractivity contribution < 1.29 is 13.6 Å². The van der Waals surface area contributed by atoms with Gasteiger partial charge >= 0.3 is 0 Å². The first-order valence-electron chi connectivity index (χ1n) is 7.98. The molecule has 1 amide bonds. The minimum atomic E-state index is -0.723. The topological polar surface area (TPSA) is 52.9 Å². The van der Waals surface area contributed by atoms with E-state index in [1.165, 1.54) is 12.1 Å². The molecule has 3 aromatic carbocycles. The molecule has 1 aliphatic rings. The van der Waals surface area contributed by atoms with Crippen LogP contribution >= 0.6 is 0 Å². The van der Waals surface area contributed by atoms with Gasteiger partial charge in [0.2, 0.25) is 0 Å². The molecule has 3 aromatic rings. The van der Waals surface area contributed by atoms with Crippen molar-refractivity contribution in [1.29, 1.82) is 5.26 Å². The van der Waals surface area contributed by atoms with Crippen molar-refractivity contribution in [3.63, 3.8) is 0 Å². The van der Waals surface area contributed by atoms with Gasteiger partial charge in [0.15, 0.2) is 0 Å². The van der Waals surface area contributed by atoms with Crippen LogP contribution in [0.3, 0.4) is 0 Å². The normalized spacial score (nSPS) is 12.4. The molecule has 0 radical (unpaired) electrons. The molecule has 0 fully saturated rings. The van der Waals surface area contributed by atoms with Crippen molar-refractivity contribution in [3.8, 4) is 28.3 Å². The Labute approximate surface area is 148 Å². The Bertz CT molecular complexity index is 1100. The number of rotatable bonds is 2. The summed E-state index contributed by atoms with van der Waals surface area (Å²) in [5.41, 5.74) is 3.57. The maximum Gasteiger partial charge on any atom is 0.251 e. The van der Waals surface area contributed by atoms with E-state index in [2.05, 4.69) is 11.4 Å². The van der Waals surface area contributed by atoms with Crippen LogP contribution in [0, 0.1) is 23.0 Å². The van der Waals surface area contributed by atoms with Gasteiger partial charge in [0.05, 0.1) is 11.6 Å². The Kier molecular flexibility index (Phi) is 3.74. The van der Waals surface area contributed by atoms with Gasteiger partial charge in [-0.2, -0.15) is 5.26 Å². The second-order valence-electron chi connectivity index (χ2n) is 6.02. The third-order valence-electron chi connectivity index (χ3n) is 4.49. The quantitative estimate of drug-likeness (QED) is 0.747. The summed E-state index contributed by atoms with van der Waals surface area (Å²) in [6, 6.07) is 15.9. The highest BCUT2D eigenvalue weighted by atomic mass is 19.1. The number of carbonyl (C=O) groups is 1. The molecular formula is C21H12F2N2O. The largest absolute Gasteiger partial charge is 0.348 e. The van der Waals surface area contributed by atoms with Gasteiger partial charge in [-0.15, -0.1) is 0 Å². The predicted octanol–water partition coefficient (Wildman–Crippen LogP) is 4.41. The van der Waals surface area contributed by atoms with Crippen molar-refractivity contribution in [2.24, 2.45) is 0 Å². The van der Waals surface area contributed by atoms with Crippen LogP contribution in [-0.2, 0) is 6.54 Å². The van der Waals surface area contributed by atoms with Crippen LogP contribution in [-0.4, -0.2) is 5.91 Å². The summed E-state index contributed by atoms with van der Waals surface area (Å²) in [6.07, 6.45) is 0. The van der Waals surface area contributed by atoms with E-state index in [1.807, 2.05) is 0 Å². The second kappa shape index (κ2) is 6.08. The number of halogens is 2. The summed E-state index contributed by atoms with van der Waals surface area (Å²) in [4.78, 5) is 12.0. The first kappa shape index (κ1) is 16.0. The lowest BCUT2D eigenvalue weighted by Gasteiger charge is -2.14. The van der Waals surface area contributed by atoms with Crippen LogP contribution < -0.4 is 5.32 Å². The SMILES string of the molecule is N#Cc1ccccc1-c1cc2c(cc1-c1ccc(F)cc1F)C(=O)NC2. The standard InChI is InChI=1S/C21H12F2N2O/c22-14-5-6-16(20(23)8-14)19-9-17-13(11-25-21(17)26)7-18(19)15-4-2-1-3-12(15)10-24/h1-9H,11H2,(H,25,26). The summed E-state index contributed by atoms with van der Waals surface area (Å²) >= 11 is 0. The molecule has 0 saturated heterocycles. The molecule has 0 aliphatic carbocycles. The average Bonchev–Trinajstić information content (AvgIpc) is 3.01. The number of hydrogen-bond acceptors (Lipinski definition) is 2. The van der Waals surface area contributed by atoms with E-state index in [9.17, 15) is 18.8 Å². The van der Waals surface area contributed by atoms with E-state index in [0.717, 1.165) is 11.6 Å². The third-order valence-corrected chi connectivity index (χ3v) is 4.49. The van der Waals surface area contributed by atoms with E-state index in [1.54, 1.807) is 36.4 Å². The van der Waals surface area contributed by atoms with E-state index >= 15 is 0 Å². The Balaban J connectivity index is 2.05. The first-order valence-corrected chi connectivity index (χ1v) is 7.98. The van der Waals surface area contributed by atoms with E-state index in [0.29, 0.717) is 34.4 Å². The van der Waals surface area contributed by atoms with Crippen molar-refractivity contribution >= 4 is 5.91 Å². The fourth-order valence-corrected chi connectivity index (χ4v) is 3.24. The number of hydrogen-bond donors (Lipinski definition) is 1. The van der Waals surface area contributed by atoms with Crippen molar-refractivity contribution in [3.05, 3.63) is 82.9 Å². The van der Waals surface area contributed by atoms with Crippen molar-refractivity contribution in [1.82, 2.24) is 5.32 Å². The molecule has 0 unspecified atom stereocenters. The summed E-state index contributed by atoms with van der Waals surface area (Å²) in [5.74, 6) is -1.63. The van der Waals surface area contributed by atoms with Gasteiger partial charge in [0.1, 0.15) is 11.6 Å². The van der Waals surface area contributed by atoms with E-state index < -0.39 is 11.6 Å². The Morgan fingerprint density at radius 2 is 1.65 bits per heavy atom. The Morgan fingerprint density at radius 1 is 0.885 bits per heavy atom. The Morgan fingerprint density at radius 3 is 2.42 bits per heavy atom. The second-order valence-corrected chi connectivity index (χ2v) is 6.02. The van der Waals surface area contributed by atoms with Crippen LogP contribution in [0.25, 0.3) is 22.3 Å². The van der Waals surface area contributed by atoms with Crippen LogP contribution in [0.1, 0.15) is 21.5 Å². The zero-order valence-electron chi connectivity index (χ0n) is 13.5. The number of nitrogens with one attached hydrogen (secondary N) is 1. The molecule has 5 heteroatoms. The molecule has 4 rings (SSSR count). The monoisotopic (exact) mass is 346 g/mol. The molecule has 0 spiro atoms. The number of nitrogens with zero attached hydrogens (tertiary/aromatic N) is 1. The summed E-state index contributed by atoms with van der Waals surface area (Å²) in [6.45, 7) is 0.377. The number of carbonyl (C=O) groups excluding carboxylic acids is 1. The molecule has 1 heterocycles. The molecular weight excluding hydrogens is 334 g/mol. The van der Waals surface area contributed by atoms with Gasteiger partial charge in [0, 0.05) is 29.3 Å². The van der Waals surface area contributed by atoms with Crippen LogP contribution in [0.15, 0.2) is 54.6 Å². The predicted molar refractivity (Wildman–Crippen MR) is 93.1 cm³/mol. The van der Waals surface area contributed by atoms with Gasteiger partial charge in [-0.05, 0) is 47.0 Å². The third kappa shape index (κ3) is 2.52. The number of amides is 1. The van der Waals surface area contributed by atoms with Gasteiger partial charge < -0.3 is 5.32 Å². The minimum Gasteiger partial charge on any atom is -0.348 e. The fraction of sp³-hybridized carbons (Fsp3) is 0.0476. The molecule has 126 valence electrons. The highest BCUT2D eigenvalue weighted by molar-refractivity contribution is 6.02. The van der Waals surface area contributed by atoms with E-state index in [4.69, 9.17) is 0 Å². The lowest BCUT2D eigenvalue weighted by Crippen LogP contribution is -2.12. The molecule has 0 aromatic heterocycles. The lowest BCUT2D eigenvalue weighted by atomic mass is 9.88. The Hall–Kier alpha value is -3.52. The average molecular weight is 346 g/mol. The number of benzene rings is 3. The zero-order valence-corrected chi connectivity index (χ0v) is 13.5. The summed E-state index contributed by atoms with van der Waals surface area (Å²) in [5, 5.41) is 12.2. The van der Waals surface area contributed by atoms with Gasteiger partial charge in [0.25, 0.3) is 5.91 Å². The highest BCUT2D eigenvalue weighted by Gasteiger charge is 2.24. The number of fused-ring (bicyclic) bond motifs is 1.